The number of hydrogen-bond donors (Lipinski definition) is 1. The maximum Gasteiger partial charge on any atom is 0.0750 e. The van der Waals surface area contributed by atoms with Crippen LogP contribution in [0.25, 0.3) is 0 Å². The van der Waals surface area contributed by atoms with Crippen molar-refractivity contribution in [2.24, 2.45) is 11.3 Å². The van der Waals surface area contributed by atoms with E-state index in [-0.39, 0.29) is 11.5 Å². The Bertz CT molecular complexity index is 215. The van der Waals surface area contributed by atoms with Gasteiger partial charge in [0, 0.05) is 0 Å². The molecule has 1 aliphatic carbocycles. The SMILES string of the molecule is C=CCC1C(=C)C(O)CCC1(C)C. The normalized spacial score (nSPS) is 33.0. The standard InChI is InChI=1S/C12H20O/c1-5-6-10-9(2)11(13)7-8-12(10,3)4/h5,10-11,13H,1-2,6-8H2,3-4H3. The van der Waals surface area contributed by atoms with Crippen molar-refractivity contribution >= 4 is 0 Å². The second-order valence-electron chi connectivity index (χ2n) is 4.69. The number of allylic oxidation sites excluding steroid dienone is 1. The van der Waals surface area contributed by atoms with Crippen LogP contribution in [-0.2, 0) is 0 Å². The van der Waals surface area contributed by atoms with E-state index in [1.54, 1.807) is 0 Å². The summed E-state index contributed by atoms with van der Waals surface area (Å²) in [5.74, 6) is 0.397. The highest BCUT2D eigenvalue weighted by atomic mass is 16.3. The van der Waals surface area contributed by atoms with Gasteiger partial charge in [-0.25, -0.2) is 0 Å². The zero-order valence-electron chi connectivity index (χ0n) is 8.71. The zero-order chi connectivity index (χ0) is 10.1. The van der Waals surface area contributed by atoms with E-state index in [0.29, 0.717) is 5.92 Å². The largest absolute Gasteiger partial charge is 0.389 e. The molecule has 1 heteroatoms. The maximum atomic E-state index is 9.67. The van der Waals surface area contributed by atoms with Crippen LogP contribution in [0.4, 0.5) is 0 Å². The molecule has 0 aliphatic heterocycles. The third-order valence-electron chi connectivity index (χ3n) is 3.28. The van der Waals surface area contributed by atoms with Gasteiger partial charge < -0.3 is 5.11 Å². The monoisotopic (exact) mass is 180 g/mol. The van der Waals surface area contributed by atoms with Gasteiger partial charge in [-0.1, -0.05) is 26.5 Å². The molecule has 1 aliphatic rings. The average molecular weight is 180 g/mol. The summed E-state index contributed by atoms with van der Waals surface area (Å²) in [4.78, 5) is 0. The fraction of sp³-hybridized carbons (Fsp3) is 0.667. The van der Waals surface area contributed by atoms with Crippen LogP contribution >= 0.6 is 0 Å². The summed E-state index contributed by atoms with van der Waals surface area (Å²) in [7, 11) is 0. The number of hydrogen-bond acceptors (Lipinski definition) is 1. The molecule has 1 N–H and O–H groups in total. The number of aliphatic hydroxyl groups excluding tert-OH is 1. The van der Waals surface area contributed by atoms with Crippen molar-refractivity contribution in [1.82, 2.24) is 0 Å². The first-order valence-electron chi connectivity index (χ1n) is 4.96. The average Bonchev–Trinajstić information content (AvgIpc) is 2.07. The van der Waals surface area contributed by atoms with Gasteiger partial charge in [0.05, 0.1) is 6.10 Å². The molecule has 0 aromatic carbocycles. The van der Waals surface area contributed by atoms with Crippen molar-refractivity contribution < 1.29 is 5.11 Å². The van der Waals surface area contributed by atoms with E-state index >= 15 is 0 Å². The topological polar surface area (TPSA) is 20.2 Å². The Morgan fingerprint density at radius 2 is 2.23 bits per heavy atom. The number of aliphatic hydroxyl groups is 1. The van der Waals surface area contributed by atoms with Gasteiger partial charge in [-0.2, -0.15) is 0 Å². The van der Waals surface area contributed by atoms with Gasteiger partial charge in [0.25, 0.3) is 0 Å². The number of rotatable bonds is 2. The van der Waals surface area contributed by atoms with Crippen molar-refractivity contribution in [3.05, 3.63) is 24.8 Å². The highest BCUT2D eigenvalue weighted by Gasteiger charge is 2.37. The van der Waals surface area contributed by atoms with E-state index in [4.69, 9.17) is 0 Å². The lowest BCUT2D eigenvalue weighted by molar-refractivity contribution is 0.0881. The molecule has 0 aromatic rings. The van der Waals surface area contributed by atoms with E-state index in [0.717, 1.165) is 24.8 Å². The smallest absolute Gasteiger partial charge is 0.0750 e. The van der Waals surface area contributed by atoms with E-state index < -0.39 is 0 Å². The molecule has 0 spiro atoms. The molecule has 0 saturated heterocycles. The van der Waals surface area contributed by atoms with Crippen LogP contribution in [0.15, 0.2) is 24.8 Å². The predicted octanol–water partition coefficient (Wildman–Crippen LogP) is 2.92. The van der Waals surface area contributed by atoms with Crippen molar-refractivity contribution in [2.75, 3.05) is 0 Å². The zero-order valence-corrected chi connectivity index (χ0v) is 8.71. The van der Waals surface area contributed by atoms with Gasteiger partial charge in [-0.15, -0.1) is 6.58 Å². The fourth-order valence-corrected chi connectivity index (χ4v) is 2.24. The third-order valence-corrected chi connectivity index (χ3v) is 3.28. The summed E-state index contributed by atoms with van der Waals surface area (Å²) in [5, 5.41) is 9.67. The lowest BCUT2D eigenvalue weighted by atomic mass is 9.64. The molecule has 0 amide bonds. The lowest BCUT2D eigenvalue weighted by Gasteiger charge is -2.42. The summed E-state index contributed by atoms with van der Waals surface area (Å²) >= 11 is 0. The molecule has 1 fully saturated rings. The first kappa shape index (κ1) is 10.5. The van der Waals surface area contributed by atoms with Crippen LogP contribution in [0, 0.1) is 11.3 Å². The lowest BCUT2D eigenvalue weighted by Crippen LogP contribution is -2.35. The molecule has 74 valence electrons. The molecule has 0 radical (unpaired) electrons. The van der Waals surface area contributed by atoms with Crippen LogP contribution in [0.2, 0.25) is 0 Å². The molecule has 13 heavy (non-hydrogen) atoms. The summed E-state index contributed by atoms with van der Waals surface area (Å²) in [6, 6.07) is 0. The van der Waals surface area contributed by atoms with E-state index in [1.165, 1.54) is 0 Å². The van der Waals surface area contributed by atoms with Crippen LogP contribution in [0.5, 0.6) is 0 Å². The van der Waals surface area contributed by atoms with Gasteiger partial charge in [0.15, 0.2) is 0 Å². The molecule has 0 heterocycles. The highest BCUT2D eigenvalue weighted by Crippen LogP contribution is 2.44. The van der Waals surface area contributed by atoms with Gasteiger partial charge in [0.1, 0.15) is 0 Å². The van der Waals surface area contributed by atoms with Gasteiger partial charge in [-0.3, -0.25) is 0 Å². The highest BCUT2D eigenvalue weighted by molar-refractivity contribution is 5.15. The molecular weight excluding hydrogens is 160 g/mol. The minimum atomic E-state index is -0.294. The third kappa shape index (κ3) is 2.02. The van der Waals surface area contributed by atoms with Crippen LogP contribution in [-0.4, -0.2) is 11.2 Å². The molecule has 0 bridgehead atoms. The summed E-state index contributed by atoms with van der Waals surface area (Å²) in [6.07, 6.45) is 4.50. The Kier molecular flexibility index (Phi) is 2.97. The first-order chi connectivity index (χ1) is 5.99. The minimum absolute atomic E-state index is 0.268. The Morgan fingerprint density at radius 3 is 2.77 bits per heavy atom. The first-order valence-corrected chi connectivity index (χ1v) is 4.96. The maximum absolute atomic E-state index is 9.67. The summed E-state index contributed by atoms with van der Waals surface area (Å²) in [5.41, 5.74) is 1.26. The second-order valence-corrected chi connectivity index (χ2v) is 4.69. The van der Waals surface area contributed by atoms with Gasteiger partial charge >= 0.3 is 0 Å². The Hall–Kier alpha value is -0.560. The molecule has 1 saturated carbocycles. The summed E-state index contributed by atoms with van der Waals surface area (Å²) < 4.78 is 0. The van der Waals surface area contributed by atoms with E-state index in [1.807, 2.05) is 6.08 Å². The minimum Gasteiger partial charge on any atom is -0.389 e. The van der Waals surface area contributed by atoms with Gasteiger partial charge in [0.2, 0.25) is 0 Å². The Labute approximate surface area is 81.2 Å². The molecule has 1 nitrogen and oxygen atoms in total. The van der Waals surface area contributed by atoms with Crippen molar-refractivity contribution in [2.45, 2.75) is 39.2 Å². The van der Waals surface area contributed by atoms with Crippen LogP contribution in [0.1, 0.15) is 33.1 Å². The Morgan fingerprint density at radius 1 is 1.62 bits per heavy atom. The molecule has 2 unspecified atom stereocenters. The van der Waals surface area contributed by atoms with Crippen LogP contribution in [0.3, 0.4) is 0 Å². The molecule has 1 rings (SSSR count). The van der Waals surface area contributed by atoms with E-state index in [9.17, 15) is 5.11 Å². The van der Waals surface area contributed by atoms with Crippen LogP contribution < -0.4 is 0 Å². The molecule has 0 aromatic heterocycles. The Balaban J connectivity index is 2.81. The van der Waals surface area contributed by atoms with Crippen molar-refractivity contribution in [1.29, 1.82) is 0 Å². The van der Waals surface area contributed by atoms with Crippen molar-refractivity contribution in [3.63, 3.8) is 0 Å². The molecule has 2 atom stereocenters. The quantitative estimate of drug-likeness (QED) is 0.648. The molecular formula is C12H20O. The van der Waals surface area contributed by atoms with E-state index in [2.05, 4.69) is 27.0 Å². The second kappa shape index (κ2) is 3.67. The summed E-state index contributed by atoms with van der Waals surface area (Å²) in [6.45, 7) is 12.2. The predicted molar refractivity (Wildman–Crippen MR) is 56.5 cm³/mol. The van der Waals surface area contributed by atoms with Gasteiger partial charge in [-0.05, 0) is 36.2 Å². The van der Waals surface area contributed by atoms with Crippen molar-refractivity contribution in [3.8, 4) is 0 Å². The fourth-order valence-electron chi connectivity index (χ4n) is 2.24.